The first kappa shape index (κ1) is 20.7. The van der Waals surface area contributed by atoms with Gasteiger partial charge in [-0.05, 0) is 36.2 Å². The van der Waals surface area contributed by atoms with Crippen LogP contribution in [-0.2, 0) is 9.53 Å². The van der Waals surface area contributed by atoms with Crippen LogP contribution < -0.4 is 10.1 Å². The van der Waals surface area contributed by atoms with E-state index in [4.69, 9.17) is 9.47 Å². The summed E-state index contributed by atoms with van der Waals surface area (Å²) < 4.78 is 10.8. The van der Waals surface area contributed by atoms with E-state index in [9.17, 15) is 4.79 Å². The molecular formula is C22H28N2O3S. The Bertz CT molecular complexity index is 761. The molecule has 150 valence electrons. The predicted octanol–water partition coefficient (Wildman–Crippen LogP) is 3.29. The molecule has 1 aliphatic rings. The average molecular weight is 401 g/mol. The molecule has 5 nitrogen and oxygen atoms in total. The van der Waals surface area contributed by atoms with Gasteiger partial charge in [0.15, 0.2) is 0 Å². The zero-order valence-electron chi connectivity index (χ0n) is 16.5. The van der Waals surface area contributed by atoms with Gasteiger partial charge in [0.05, 0.1) is 32.1 Å². The molecule has 2 aromatic carbocycles. The van der Waals surface area contributed by atoms with Crippen molar-refractivity contribution >= 4 is 17.7 Å². The molecule has 1 aliphatic heterocycles. The molecule has 3 rings (SSSR count). The van der Waals surface area contributed by atoms with E-state index >= 15 is 0 Å². The summed E-state index contributed by atoms with van der Waals surface area (Å²) in [6, 6.07) is 16.4. The highest BCUT2D eigenvalue weighted by atomic mass is 32.2. The number of carbonyl (C=O) groups excluding carboxylic acids is 1. The molecule has 6 heteroatoms. The van der Waals surface area contributed by atoms with Crippen LogP contribution in [0, 0.1) is 6.92 Å². The van der Waals surface area contributed by atoms with Crippen molar-refractivity contribution in [1.82, 2.24) is 10.2 Å². The fourth-order valence-electron chi connectivity index (χ4n) is 3.30. The van der Waals surface area contributed by atoms with E-state index in [0.717, 1.165) is 36.9 Å². The Labute approximate surface area is 171 Å². The van der Waals surface area contributed by atoms with Crippen molar-refractivity contribution in [2.24, 2.45) is 0 Å². The highest BCUT2D eigenvalue weighted by Gasteiger charge is 2.23. The van der Waals surface area contributed by atoms with Crippen LogP contribution in [0.4, 0.5) is 0 Å². The molecule has 1 unspecified atom stereocenters. The van der Waals surface area contributed by atoms with Crippen LogP contribution in [0.1, 0.15) is 17.2 Å². The summed E-state index contributed by atoms with van der Waals surface area (Å²) in [6.07, 6.45) is 0. The van der Waals surface area contributed by atoms with Gasteiger partial charge in [-0.1, -0.05) is 30.3 Å². The molecular weight excluding hydrogens is 372 g/mol. The van der Waals surface area contributed by atoms with Gasteiger partial charge in [0.25, 0.3) is 0 Å². The summed E-state index contributed by atoms with van der Waals surface area (Å²) in [7, 11) is 1.67. The maximum Gasteiger partial charge on any atom is 0.230 e. The van der Waals surface area contributed by atoms with E-state index in [1.165, 1.54) is 11.1 Å². The van der Waals surface area contributed by atoms with Crippen LogP contribution in [0.5, 0.6) is 5.75 Å². The summed E-state index contributed by atoms with van der Waals surface area (Å²) in [6.45, 7) is 5.83. The molecule has 1 N–H and O–H groups in total. The Morgan fingerprint density at radius 2 is 1.89 bits per heavy atom. The molecule has 0 aliphatic carbocycles. The van der Waals surface area contributed by atoms with E-state index in [-0.39, 0.29) is 11.9 Å². The first-order chi connectivity index (χ1) is 13.7. The zero-order chi connectivity index (χ0) is 19.8. The number of aryl methyl sites for hydroxylation is 1. The second kappa shape index (κ2) is 10.5. The van der Waals surface area contributed by atoms with Crippen molar-refractivity contribution in [3.05, 3.63) is 59.7 Å². The van der Waals surface area contributed by atoms with Gasteiger partial charge >= 0.3 is 0 Å². The Kier molecular flexibility index (Phi) is 7.77. The molecule has 1 amide bonds. The summed E-state index contributed by atoms with van der Waals surface area (Å²) >= 11 is 1.58. The maximum atomic E-state index is 12.5. The molecule has 0 radical (unpaired) electrons. The van der Waals surface area contributed by atoms with E-state index in [1.807, 2.05) is 24.3 Å². The van der Waals surface area contributed by atoms with Gasteiger partial charge in [0, 0.05) is 24.5 Å². The lowest BCUT2D eigenvalue weighted by Crippen LogP contribution is -2.44. The van der Waals surface area contributed by atoms with Gasteiger partial charge in [-0.2, -0.15) is 0 Å². The third-order valence-corrected chi connectivity index (χ3v) is 6.11. The number of thioether (sulfide) groups is 1. The minimum atomic E-state index is 0.0556. The van der Waals surface area contributed by atoms with E-state index in [0.29, 0.717) is 12.3 Å². The van der Waals surface area contributed by atoms with Crippen molar-refractivity contribution in [3.63, 3.8) is 0 Å². The Balaban J connectivity index is 1.60. The molecule has 0 spiro atoms. The van der Waals surface area contributed by atoms with Crippen LogP contribution in [0.2, 0.25) is 0 Å². The molecule has 1 atom stereocenters. The summed E-state index contributed by atoms with van der Waals surface area (Å²) in [5, 5.41) is 3.12. The number of nitrogens with one attached hydrogen (secondary N) is 1. The van der Waals surface area contributed by atoms with Crippen molar-refractivity contribution in [3.8, 4) is 5.75 Å². The van der Waals surface area contributed by atoms with E-state index < -0.39 is 0 Å². The lowest BCUT2D eigenvalue weighted by molar-refractivity contribution is -0.118. The Morgan fingerprint density at radius 3 is 2.57 bits per heavy atom. The number of benzene rings is 2. The maximum absolute atomic E-state index is 12.5. The number of ether oxygens (including phenoxy) is 2. The molecule has 28 heavy (non-hydrogen) atoms. The SMILES string of the molecule is COc1ccc(C(CNC(=O)CSc2ccccc2C)N2CCOCC2)cc1. The molecule has 1 saturated heterocycles. The molecule has 1 heterocycles. The standard InChI is InChI=1S/C22H28N2O3S/c1-17-5-3-4-6-21(17)28-16-22(25)23-15-20(24-11-13-27-14-12-24)18-7-9-19(26-2)10-8-18/h3-10,20H,11-16H2,1-2H3,(H,23,25). The number of methoxy groups -OCH3 is 1. The van der Waals surface area contributed by atoms with Crippen LogP contribution in [0.25, 0.3) is 0 Å². The van der Waals surface area contributed by atoms with E-state index in [1.54, 1.807) is 18.9 Å². The molecule has 2 aromatic rings. The lowest BCUT2D eigenvalue weighted by Gasteiger charge is -2.35. The second-order valence-electron chi connectivity index (χ2n) is 6.80. The van der Waals surface area contributed by atoms with Crippen LogP contribution in [-0.4, -0.2) is 56.5 Å². The first-order valence-corrected chi connectivity index (χ1v) is 10.6. The minimum Gasteiger partial charge on any atom is -0.497 e. The lowest BCUT2D eigenvalue weighted by atomic mass is 10.0. The van der Waals surface area contributed by atoms with E-state index in [2.05, 4.69) is 41.4 Å². The third kappa shape index (κ3) is 5.74. The number of rotatable bonds is 8. The van der Waals surface area contributed by atoms with Gasteiger partial charge in [0.2, 0.25) is 5.91 Å². The minimum absolute atomic E-state index is 0.0556. The highest BCUT2D eigenvalue weighted by Crippen LogP contribution is 2.24. The molecule has 1 fully saturated rings. The Morgan fingerprint density at radius 1 is 1.18 bits per heavy atom. The molecule has 0 aromatic heterocycles. The van der Waals surface area contributed by atoms with Crippen molar-refractivity contribution in [2.45, 2.75) is 17.9 Å². The van der Waals surface area contributed by atoms with Crippen molar-refractivity contribution < 1.29 is 14.3 Å². The van der Waals surface area contributed by atoms with Crippen LogP contribution >= 0.6 is 11.8 Å². The topological polar surface area (TPSA) is 50.8 Å². The quantitative estimate of drug-likeness (QED) is 0.689. The molecule has 0 saturated carbocycles. The number of hydrogen-bond donors (Lipinski definition) is 1. The van der Waals surface area contributed by atoms with Crippen molar-refractivity contribution in [2.75, 3.05) is 45.7 Å². The van der Waals surface area contributed by atoms with Gasteiger partial charge in [-0.15, -0.1) is 11.8 Å². The van der Waals surface area contributed by atoms with Crippen molar-refractivity contribution in [1.29, 1.82) is 0 Å². The first-order valence-electron chi connectivity index (χ1n) is 9.58. The van der Waals surface area contributed by atoms with Gasteiger partial charge in [0.1, 0.15) is 5.75 Å². The fourth-order valence-corrected chi connectivity index (χ4v) is 4.16. The fraction of sp³-hybridized carbons (Fsp3) is 0.409. The predicted molar refractivity (Wildman–Crippen MR) is 113 cm³/mol. The Hall–Kier alpha value is -2.02. The number of carbonyl (C=O) groups is 1. The number of amides is 1. The normalized spacial score (nSPS) is 15.8. The number of hydrogen-bond acceptors (Lipinski definition) is 5. The molecule has 0 bridgehead atoms. The number of nitrogens with zero attached hydrogens (tertiary/aromatic N) is 1. The van der Waals surface area contributed by atoms with Gasteiger partial charge < -0.3 is 14.8 Å². The summed E-state index contributed by atoms with van der Waals surface area (Å²) in [5.41, 5.74) is 2.37. The largest absolute Gasteiger partial charge is 0.497 e. The summed E-state index contributed by atoms with van der Waals surface area (Å²) in [5.74, 6) is 1.31. The smallest absolute Gasteiger partial charge is 0.230 e. The second-order valence-corrected chi connectivity index (χ2v) is 7.81. The monoisotopic (exact) mass is 400 g/mol. The zero-order valence-corrected chi connectivity index (χ0v) is 17.3. The number of morpholine rings is 1. The van der Waals surface area contributed by atoms with Gasteiger partial charge in [-0.3, -0.25) is 9.69 Å². The van der Waals surface area contributed by atoms with Gasteiger partial charge in [-0.25, -0.2) is 0 Å². The van der Waals surface area contributed by atoms with Crippen LogP contribution in [0.15, 0.2) is 53.4 Å². The highest BCUT2D eigenvalue weighted by molar-refractivity contribution is 8.00. The third-order valence-electron chi connectivity index (χ3n) is 4.93. The average Bonchev–Trinajstić information content (AvgIpc) is 2.74. The van der Waals surface area contributed by atoms with Crippen LogP contribution in [0.3, 0.4) is 0 Å². The summed E-state index contributed by atoms with van der Waals surface area (Å²) in [4.78, 5) is 16.0.